The fourth-order valence-electron chi connectivity index (χ4n) is 3.35. The average molecular weight is 350 g/mol. The number of hydrogen-bond donors (Lipinski definition) is 0. The van der Waals surface area contributed by atoms with E-state index in [1.807, 2.05) is 45.9 Å². The quantitative estimate of drug-likeness (QED) is 0.724. The van der Waals surface area contributed by atoms with Crippen molar-refractivity contribution in [3.63, 3.8) is 0 Å². The molecule has 0 aliphatic carbocycles. The van der Waals surface area contributed by atoms with E-state index < -0.39 is 0 Å². The van der Waals surface area contributed by atoms with Gasteiger partial charge in [-0.15, -0.1) is 0 Å². The topological polar surface area (TPSA) is 50.1 Å². The van der Waals surface area contributed by atoms with Crippen LogP contribution in [0.3, 0.4) is 0 Å². The summed E-state index contributed by atoms with van der Waals surface area (Å²) in [5, 5.41) is 4.61. The summed E-state index contributed by atoms with van der Waals surface area (Å²) in [5.74, 6) is 0.776. The Morgan fingerprint density at radius 1 is 1.08 bits per heavy atom. The second kappa shape index (κ2) is 7.17. The zero-order valence-corrected chi connectivity index (χ0v) is 14.8. The first kappa shape index (κ1) is 16.6. The number of carbonyl (C=O) groups excluding carboxylic acids is 1. The molecule has 0 unspecified atom stereocenters. The zero-order chi connectivity index (χ0) is 17.9. The van der Waals surface area contributed by atoms with Crippen LogP contribution < -0.4 is 4.74 Å². The molecule has 6 heteroatoms. The minimum absolute atomic E-state index is 0.0660. The lowest BCUT2D eigenvalue weighted by Crippen LogP contribution is -2.48. The largest absolute Gasteiger partial charge is 0.497 e. The molecule has 0 bridgehead atoms. The van der Waals surface area contributed by atoms with Gasteiger partial charge in [0, 0.05) is 44.5 Å². The molecule has 1 fully saturated rings. The minimum Gasteiger partial charge on any atom is -0.497 e. The predicted octanol–water partition coefficient (Wildman–Crippen LogP) is 2.30. The Bertz CT molecular complexity index is 880. The van der Waals surface area contributed by atoms with Crippen molar-refractivity contribution < 1.29 is 9.53 Å². The van der Waals surface area contributed by atoms with Crippen LogP contribution in [0.25, 0.3) is 5.52 Å². The Morgan fingerprint density at radius 3 is 2.69 bits per heavy atom. The Morgan fingerprint density at radius 2 is 1.92 bits per heavy atom. The minimum atomic E-state index is 0.0660. The lowest BCUT2D eigenvalue weighted by atomic mass is 10.1. The third-order valence-electron chi connectivity index (χ3n) is 4.78. The van der Waals surface area contributed by atoms with E-state index in [0.29, 0.717) is 11.3 Å². The first-order chi connectivity index (χ1) is 12.7. The van der Waals surface area contributed by atoms with E-state index in [1.54, 1.807) is 13.2 Å². The standard InChI is InChI=1S/C20H22N4O2/c1-26-19-7-4-5-16(13-19)20(25)23-11-9-22(10-12-23)15-17-14-18-6-2-3-8-24(18)21-17/h2-8,13-14H,9-12,15H2,1H3. The number of rotatable bonds is 4. The summed E-state index contributed by atoms with van der Waals surface area (Å²) in [6.45, 7) is 3.96. The smallest absolute Gasteiger partial charge is 0.254 e. The third-order valence-corrected chi connectivity index (χ3v) is 4.78. The molecular formula is C20H22N4O2. The molecule has 3 aromatic rings. The Hall–Kier alpha value is -2.86. The number of hydrogen-bond acceptors (Lipinski definition) is 4. The summed E-state index contributed by atoms with van der Waals surface area (Å²) in [7, 11) is 1.61. The van der Waals surface area contributed by atoms with E-state index in [1.165, 1.54) is 0 Å². The first-order valence-corrected chi connectivity index (χ1v) is 8.82. The molecule has 2 aromatic heterocycles. The molecular weight excluding hydrogens is 328 g/mol. The maximum absolute atomic E-state index is 12.7. The van der Waals surface area contributed by atoms with Crippen LogP contribution in [-0.2, 0) is 6.54 Å². The normalized spacial score (nSPS) is 15.3. The van der Waals surface area contributed by atoms with E-state index in [0.717, 1.165) is 43.9 Å². The van der Waals surface area contributed by atoms with Crippen molar-refractivity contribution in [2.45, 2.75) is 6.54 Å². The van der Waals surface area contributed by atoms with Gasteiger partial charge in [0.2, 0.25) is 0 Å². The van der Waals surface area contributed by atoms with E-state index >= 15 is 0 Å². The summed E-state index contributed by atoms with van der Waals surface area (Å²) >= 11 is 0. The van der Waals surface area contributed by atoms with Crippen LogP contribution in [-0.4, -0.2) is 58.6 Å². The highest BCUT2D eigenvalue weighted by Crippen LogP contribution is 2.16. The molecule has 0 saturated carbocycles. The highest BCUT2D eigenvalue weighted by Gasteiger charge is 2.23. The van der Waals surface area contributed by atoms with Gasteiger partial charge in [-0.2, -0.15) is 5.10 Å². The maximum Gasteiger partial charge on any atom is 0.254 e. The highest BCUT2D eigenvalue weighted by atomic mass is 16.5. The van der Waals surface area contributed by atoms with Crippen LogP contribution in [0.1, 0.15) is 16.1 Å². The first-order valence-electron chi connectivity index (χ1n) is 8.82. The molecule has 0 radical (unpaired) electrons. The lowest BCUT2D eigenvalue weighted by Gasteiger charge is -2.34. The number of carbonyl (C=O) groups is 1. The van der Waals surface area contributed by atoms with Gasteiger partial charge in [0.25, 0.3) is 5.91 Å². The van der Waals surface area contributed by atoms with Gasteiger partial charge in [0.05, 0.1) is 18.3 Å². The zero-order valence-electron chi connectivity index (χ0n) is 14.8. The number of aromatic nitrogens is 2. The number of nitrogens with zero attached hydrogens (tertiary/aromatic N) is 4. The van der Waals surface area contributed by atoms with Crippen molar-refractivity contribution in [2.75, 3.05) is 33.3 Å². The molecule has 1 amide bonds. The summed E-state index contributed by atoms with van der Waals surface area (Å²) in [6, 6.07) is 15.5. The number of piperazine rings is 1. The van der Waals surface area contributed by atoms with Gasteiger partial charge in [0.15, 0.2) is 0 Å². The van der Waals surface area contributed by atoms with Gasteiger partial charge in [-0.1, -0.05) is 12.1 Å². The molecule has 6 nitrogen and oxygen atoms in total. The van der Waals surface area contributed by atoms with Crippen molar-refractivity contribution in [1.82, 2.24) is 19.4 Å². The van der Waals surface area contributed by atoms with Crippen LogP contribution in [0, 0.1) is 0 Å². The van der Waals surface area contributed by atoms with E-state index in [9.17, 15) is 4.79 Å². The highest BCUT2D eigenvalue weighted by molar-refractivity contribution is 5.94. The number of methoxy groups -OCH3 is 1. The van der Waals surface area contributed by atoms with Crippen LogP contribution in [0.2, 0.25) is 0 Å². The fraction of sp³-hybridized carbons (Fsp3) is 0.300. The Kier molecular flexibility index (Phi) is 4.58. The van der Waals surface area contributed by atoms with Crippen molar-refractivity contribution in [3.8, 4) is 5.75 Å². The van der Waals surface area contributed by atoms with Gasteiger partial charge >= 0.3 is 0 Å². The van der Waals surface area contributed by atoms with E-state index in [-0.39, 0.29) is 5.91 Å². The monoisotopic (exact) mass is 350 g/mol. The summed E-state index contributed by atoms with van der Waals surface area (Å²) in [6.07, 6.45) is 1.96. The molecule has 0 atom stereocenters. The predicted molar refractivity (Wildman–Crippen MR) is 99.4 cm³/mol. The van der Waals surface area contributed by atoms with Crippen LogP contribution in [0.15, 0.2) is 54.7 Å². The molecule has 134 valence electrons. The number of pyridine rings is 1. The van der Waals surface area contributed by atoms with Crippen LogP contribution in [0.5, 0.6) is 5.75 Å². The van der Waals surface area contributed by atoms with Crippen molar-refractivity contribution in [1.29, 1.82) is 0 Å². The number of amides is 1. The fourth-order valence-corrected chi connectivity index (χ4v) is 3.35. The molecule has 0 N–H and O–H groups in total. The van der Waals surface area contributed by atoms with E-state index in [4.69, 9.17) is 4.74 Å². The van der Waals surface area contributed by atoms with Gasteiger partial charge in [-0.05, 0) is 36.4 Å². The van der Waals surface area contributed by atoms with Gasteiger partial charge < -0.3 is 9.64 Å². The van der Waals surface area contributed by atoms with Gasteiger partial charge in [0.1, 0.15) is 5.75 Å². The number of benzene rings is 1. The molecule has 3 heterocycles. The third kappa shape index (κ3) is 3.41. The molecule has 1 aromatic carbocycles. The lowest BCUT2D eigenvalue weighted by molar-refractivity contribution is 0.0626. The SMILES string of the molecule is COc1cccc(C(=O)N2CCN(Cc3cc4ccccn4n3)CC2)c1. The second-order valence-electron chi connectivity index (χ2n) is 6.51. The molecule has 26 heavy (non-hydrogen) atoms. The van der Waals surface area contributed by atoms with Crippen molar-refractivity contribution in [3.05, 3.63) is 66.0 Å². The van der Waals surface area contributed by atoms with Gasteiger partial charge in [-0.3, -0.25) is 9.69 Å². The summed E-state index contributed by atoms with van der Waals surface area (Å²) < 4.78 is 7.11. The van der Waals surface area contributed by atoms with Crippen LogP contribution in [0.4, 0.5) is 0 Å². The molecule has 1 saturated heterocycles. The second-order valence-corrected chi connectivity index (χ2v) is 6.51. The summed E-state index contributed by atoms with van der Waals surface area (Å²) in [5.41, 5.74) is 2.84. The molecule has 0 spiro atoms. The Balaban J connectivity index is 1.36. The summed E-state index contributed by atoms with van der Waals surface area (Å²) in [4.78, 5) is 16.9. The molecule has 4 rings (SSSR count). The van der Waals surface area contributed by atoms with Crippen LogP contribution >= 0.6 is 0 Å². The maximum atomic E-state index is 12.7. The Labute approximate surface area is 152 Å². The van der Waals surface area contributed by atoms with Crippen molar-refractivity contribution in [2.24, 2.45) is 0 Å². The molecule has 1 aliphatic rings. The van der Waals surface area contributed by atoms with Crippen molar-refractivity contribution >= 4 is 11.4 Å². The molecule has 1 aliphatic heterocycles. The van der Waals surface area contributed by atoms with Gasteiger partial charge in [-0.25, -0.2) is 4.52 Å². The number of ether oxygens (including phenoxy) is 1. The van der Waals surface area contributed by atoms with E-state index in [2.05, 4.69) is 22.1 Å². The number of fused-ring (bicyclic) bond motifs is 1. The average Bonchev–Trinajstić information content (AvgIpc) is 3.10.